The zero-order chi connectivity index (χ0) is 15.3. The van der Waals surface area contributed by atoms with E-state index in [1.54, 1.807) is 13.8 Å². The van der Waals surface area contributed by atoms with E-state index in [0.717, 1.165) is 13.1 Å². The molecule has 0 aromatic heterocycles. The maximum atomic E-state index is 11.9. The second-order valence-corrected chi connectivity index (χ2v) is 6.58. The third-order valence-electron chi connectivity index (χ3n) is 3.85. The van der Waals surface area contributed by atoms with Crippen LogP contribution in [-0.2, 0) is 9.59 Å². The van der Waals surface area contributed by atoms with E-state index in [9.17, 15) is 9.59 Å². The fraction of sp³-hybridized carbons (Fsp3) is 0.867. The van der Waals surface area contributed by atoms with Crippen molar-refractivity contribution in [3.63, 3.8) is 0 Å². The number of carbonyl (C=O) groups is 2. The molecule has 0 radical (unpaired) electrons. The van der Waals surface area contributed by atoms with Crippen molar-refractivity contribution in [1.29, 1.82) is 0 Å². The third kappa shape index (κ3) is 5.49. The molecule has 1 heterocycles. The van der Waals surface area contributed by atoms with Crippen molar-refractivity contribution in [3.8, 4) is 0 Å². The molecule has 0 aromatic rings. The van der Waals surface area contributed by atoms with E-state index in [1.807, 2.05) is 0 Å². The Labute approximate surface area is 121 Å². The first kappa shape index (κ1) is 17.0. The summed E-state index contributed by atoms with van der Waals surface area (Å²) in [5.74, 6) is 0.102. The minimum atomic E-state index is -0.964. The molecule has 0 aliphatic carbocycles. The molecule has 5 nitrogen and oxygen atoms in total. The van der Waals surface area contributed by atoms with Gasteiger partial charge >= 0.3 is 5.97 Å². The van der Waals surface area contributed by atoms with Crippen LogP contribution in [0.15, 0.2) is 0 Å². The SMILES string of the molecule is CC1CC(C)CN(CCC(=O)NC(C(=O)O)C(C)C)C1. The van der Waals surface area contributed by atoms with Gasteiger partial charge in [-0.15, -0.1) is 0 Å². The largest absolute Gasteiger partial charge is 0.480 e. The second kappa shape index (κ2) is 7.62. The Hall–Kier alpha value is -1.10. The van der Waals surface area contributed by atoms with Crippen LogP contribution in [0.4, 0.5) is 0 Å². The summed E-state index contributed by atoms with van der Waals surface area (Å²) < 4.78 is 0. The van der Waals surface area contributed by atoms with Crippen LogP contribution in [0.1, 0.15) is 40.5 Å². The normalized spacial score (nSPS) is 25.4. The van der Waals surface area contributed by atoms with Crippen LogP contribution in [0.5, 0.6) is 0 Å². The molecule has 5 heteroatoms. The number of rotatable bonds is 6. The summed E-state index contributed by atoms with van der Waals surface area (Å²) in [6.45, 7) is 10.9. The minimum Gasteiger partial charge on any atom is -0.480 e. The number of piperidine rings is 1. The first-order valence-electron chi connectivity index (χ1n) is 7.54. The maximum Gasteiger partial charge on any atom is 0.326 e. The summed E-state index contributed by atoms with van der Waals surface area (Å²) in [6.07, 6.45) is 1.62. The predicted molar refractivity (Wildman–Crippen MR) is 78.4 cm³/mol. The predicted octanol–water partition coefficient (Wildman–Crippen LogP) is 1.58. The first-order chi connectivity index (χ1) is 9.29. The molecule has 116 valence electrons. The van der Waals surface area contributed by atoms with Crippen LogP contribution in [0.3, 0.4) is 0 Å². The van der Waals surface area contributed by atoms with Gasteiger partial charge in [0.25, 0.3) is 0 Å². The Kier molecular flexibility index (Phi) is 6.46. The number of carboxylic acids is 1. The Bertz CT molecular complexity index is 334. The van der Waals surface area contributed by atoms with Crippen LogP contribution in [-0.4, -0.2) is 47.6 Å². The molecule has 1 rings (SSSR count). The first-order valence-corrected chi connectivity index (χ1v) is 7.54. The summed E-state index contributed by atoms with van der Waals surface area (Å²) >= 11 is 0. The maximum absolute atomic E-state index is 11.9. The van der Waals surface area contributed by atoms with Gasteiger partial charge in [0.2, 0.25) is 5.91 Å². The summed E-state index contributed by atoms with van der Waals surface area (Å²) in [4.78, 5) is 25.2. The fourth-order valence-corrected chi connectivity index (χ4v) is 2.99. The second-order valence-electron chi connectivity index (χ2n) is 6.58. The van der Waals surface area contributed by atoms with Gasteiger partial charge < -0.3 is 15.3 Å². The van der Waals surface area contributed by atoms with Gasteiger partial charge in [0.1, 0.15) is 6.04 Å². The van der Waals surface area contributed by atoms with Crippen LogP contribution in [0.25, 0.3) is 0 Å². The number of nitrogens with one attached hydrogen (secondary N) is 1. The minimum absolute atomic E-state index is 0.105. The van der Waals surface area contributed by atoms with Crippen LogP contribution in [0.2, 0.25) is 0 Å². The molecule has 2 N–H and O–H groups in total. The number of aliphatic carboxylic acids is 1. The van der Waals surface area contributed by atoms with Gasteiger partial charge in [-0.3, -0.25) is 4.79 Å². The van der Waals surface area contributed by atoms with Gasteiger partial charge in [0, 0.05) is 26.1 Å². The van der Waals surface area contributed by atoms with Crippen molar-refractivity contribution in [2.75, 3.05) is 19.6 Å². The smallest absolute Gasteiger partial charge is 0.326 e. The molecule has 0 spiro atoms. The standard InChI is InChI=1S/C15H28N2O3/c1-10(2)14(15(19)20)16-13(18)5-6-17-8-11(3)7-12(4)9-17/h10-12,14H,5-9H2,1-4H3,(H,16,18)(H,19,20). The highest BCUT2D eigenvalue weighted by Gasteiger charge is 2.25. The average molecular weight is 284 g/mol. The quantitative estimate of drug-likeness (QED) is 0.777. The zero-order valence-corrected chi connectivity index (χ0v) is 13.1. The Morgan fingerprint density at radius 1 is 1.25 bits per heavy atom. The number of hydrogen-bond donors (Lipinski definition) is 2. The molecule has 1 aliphatic heterocycles. The topological polar surface area (TPSA) is 69.6 Å². The lowest BCUT2D eigenvalue weighted by atomic mass is 9.92. The fourth-order valence-electron chi connectivity index (χ4n) is 2.99. The summed E-state index contributed by atoms with van der Waals surface area (Å²) in [6, 6.07) is -0.790. The molecule has 0 aromatic carbocycles. The number of hydrogen-bond acceptors (Lipinski definition) is 3. The number of carboxylic acid groups (broad SMARTS) is 1. The van der Waals surface area contributed by atoms with Crippen LogP contribution < -0.4 is 5.32 Å². The van der Waals surface area contributed by atoms with Crippen molar-refractivity contribution in [2.24, 2.45) is 17.8 Å². The molecule has 1 amide bonds. The molecule has 0 bridgehead atoms. The van der Waals surface area contributed by atoms with Gasteiger partial charge in [-0.05, 0) is 24.2 Å². The molecule has 1 fully saturated rings. The van der Waals surface area contributed by atoms with E-state index in [2.05, 4.69) is 24.1 Å². The summed E-state index contributed by atoms with van der Waals surface area (Å²) in [7, 11) is 0. The lowest BCUT2D eigenvalue weighted by molar-refractivity contribution is -0.143. The number of amides is 1. The molecular weight excluding hydrogens is 256 g/mol. The summed E-state index contributed by atoms with van der Waals surface area (Å²) in [5.41, 5.74) is 0. The van der Waals surface area contributed by atoms with Gasteiger partial charge in [0.15, 0.2) is 0 Å². The molecule has 1 saturated heterocycles. The number of carbonyl (C=O) groups excluding carboxylic acids is 1. The van der Waals surface area contributed by atoms with E-state index in [0.29, 0.717) is 24.8 Å². The highest BCUT2D eigenvalue weighted by Crippen LogP contribution is 2.20. The van der Waals surface area contributed by atoms with E-state index in [4.69, 9.17) is 5.11 Å². The van der Waals surface area contributed by atoms with E-state index in [-0.39, 0.29) is 11.8 Å². The van der Waals surface area contributed by atoms with Gasteiger partial charge in [0.05, 0.1) is 0 Å². The Morgan fingerprint density at radius 2 is 1.80 bits per heavy atom. The van der Waals surface area contributed by atoms with Crippen LogP contribution in [0, 0.1) is 17.8 Å². The van der Waals surface area contributed by atoms with E-state index >= 15 is 0 Å². The highest BCUT2D eigenvalue weighted by molar-refractivity contribution is 5.83. The zero-order valence-electron chi connectivity index (χ0n) is 13.1. The van der Waals surface area contributed by atoms with Crippen LogP contribution >= 0.6 is 0 Å². The van der Waals surface area contributed by atoms with E-state index in [1.165, 1.54) is 6.42 Å². The highest BCUT2D eigenvalue weighted by atomic mass is 16.4. The lowest BCUT2D eigenvalue weighted by Gasteiger charge is -2.34. The Morgan fingerprint density at radius 3 is 2.25 bits per heavy atom. The average Bonchev–Trinajstić information content (AvgIpc) is 2.31. The molecule has 1 aliphatic rings. The third-order valence-corrected chi connectivity index (χ3v) is 3.85. The van der Waals surface area contributed by atoms with Crippen molar-refractivity contribution >= 4 is 11.9 Å². The van der Waals surface area contributed by atoms with Gasteiger partial charge in [-0.1, -0.05) is 27.7 Å². The van der Waals surface area contributed by atoms with E-state index < -0.39 is 12.0 Å². The molecule has 20 heavy (non-hydrogen) atoms. The lowest BCUT2D eigenvalue weighted by Crippen LogP contribution is -2.46. The molecule has 3 unspecified atom stereocenters. The van der Waals surface area contributed by atoms with Gasteiger partial charge in [-0.25, -0.2) is 4.79 Å². The molecular formula is C15H28N2O3. The van der Waals surface area contributed by atoms with Crippen molar-refractivity contribution in [3.05, 3.63) is 0 Å². The number of likely N-dealkylation sites (tertiary alicyclic amines) is 1. The van der Waals surface area contributed by atoms with Crippen molar-refractivity contribution < 1.29 is 14.7 Å². The van der Waals surface area contributed by atoms with Gasteiger partial charge in [-0.2, -0.15) is 0 Å². The molecule has 3 atom stereocenters. The Balaban J connectivity index is 2.37. The summed E-state index contributed by atoms with van der Waals surface area (Å²) in [5, 5.41) is 11.7. The monoisotopic (exact) mass is 284 g/mol. The van der Waals surface area contributed by atoms with Crippen molar-refractivity contribution in [2.45, 2.75) is 46.6 Å². The van der Waals surface area contributed by atoms with Crippen molar-refractivity contribution in [1.82, 2.24) is 10.2 Å². The number of nitrogens with zero attached hydrogens (tertiary/aromatic N) is 1. The molecule has 0 saturated carbocycles.